The van der Waals surface area contributed by atoms with Crippen LogP contribution < -0.4 is 10.2 Å². The van der Waals surface area contributed by atoms with E-state index in [2.05, 4.69) is 5.48 Å². The summed E-state index contributed by atoms with van der Waals surface area (Å²) in [6.45, 7) is 0.460. The Kier molecular flexibility index (Phi) is 3.01. The number of hydroxylamine groups is 1. The molecular formula is C11H15NO2. The predicted molar refractivity (Wildman–Crippen MR) is 53.3 cm³/mol. The molecule has 0 bridgehead atoms. The maximum atomic E-state index is 8.56. The Balaban J connectivity index is 1.97. The summed E-state index contributed by atoms with van der Waals surface area (Å²) in [5.74, 6) is 0.905. The molecule has 1 aliphatic carbocycles. The zero-order valence-electron chi connectivity index (χ0n) is 8.07. The lowest BCUT2D eigenvalue weighted by molar-refractivity contribution is 0.120. The highest BCUT2D eigenvalue weighted by Crippen LogP contribution is 2.25. The quantitative estimate of drug-likeness (QED) is 0.719. The summed E-state index contributed by atoms with van der Waals surface area (Å²) in [4.78, 5) is 0. The first-order valence-corrected chi connectivity index (χ1v) is 5.01. The maximum Gasteiger partial charge on any atom is 0.120 e. The highest BCUT2D eigenvalue weighted by molar-refractivity contribution is 5.28. The van der Waals surface area contributed by atoms with Crippen LogP contribution in [0, 0.1) is 0 Å². The molecular weight excluding hydrogens is 178 g/mol. The fraction of sp³-hybridized carbons (Fsp3) is 0.455. The van der Waals surface area contributed by atoms with E-state index in [4.69, 9.17) is 9.94 Å². The third-order valence-corrected chi connectivity index (χ3v) is 2.54. The Morgan fingerprint density at radius 3 is 2.93 bits per heavy atom. The van der Waals surface area contributed by atoms with Crippen molar-refractivity contribution in [2.24, 2.45) is 0 Å². The van der Waals surface area contributed by atoms with Crippen LogP contribution in [0.4, 0.5) is 0 Å². The lowest BCUT2D eigenvalue weighted by Gasteiger charge is -2.26. The molecule has 0 unspecified atom stereocenters. The van der Waals surface area contributed by atoms with Crippen LogP contribution in [0.1, 0.15) is 24.8 Å². The van der Waals surface area contributed by atoms with E-state index in [1.807, 2.05) is 24.3 Å². The molecule has 1 aromatic carbocycles. The van der Waals surface area contributed by atoms with Crippen molar-refractivity contribution in [3.8, 4) is 5.75 Å². The largest absolute Gasteiger partial charge is 0.490 e. The van der Waals surface area contributed by atoms with E-state index in [0.29, 0.717) is 12.6 Å². The molecule has 3 nitrogen and oxygen atoms in total. The lowest BCUT2D eigenvalue weighted by atomic mass is 9.96. The van der Waals surface area contributed by atoms with Crippen molar-refractivity contribution < 1.29 is 9.94 Å². The van der Waals surface area contributed by atoms with Gasteiger partial charge in [-0.1, -0.05) is 12.1 Å². The maximum absolute atomic E-state index is 8.56. The summed E-state index contributed by atoms with van der Waals surface area (Å²) < 4.78 is 5.73. The Labute approximate surface area is 83.7 Å². The number of ether oxygens (including phenoxy) is 1. The second-order valence-electron chi connectivity index (χ2n) is 3.65. The van der Waals surface area contributed by atoms with Crippen molar-refractivity contribution in [2.75, 3.05) is 0 Å². The van der Waals surface area contributed by atoms with E-state index in [1.54, 1.807) is 0 Å². The van der Waals surface area contributed by atoms with E-state index in [-0.39, 0.29) is 0 Å². The van der Waals surface area contributed by atoms with E-state index in [1.165, 1.54) is 19.3 Å². The lowest BCUT2D eigenvalue weighted by Crippen LogP contribution is -2.24. The highest BCUT2D eigenvalue weighted by atomic mass is 16.5. The molecule has 2 rings (SSSR count). The number of rotatable bonds is 4. The molecule has 0 radical (unpaired) electrons. The normalized spacial score (nSPS) is 16.4. The Hall–Kier alpha value is -1.06. The second kappa shape index (κ2) is 4.44. The van der Waals surface area contributed by atoms with Gasteiger partial charge in [0.15, 0.2) is 0 Å². The van der Waals surface area contributed by atoms with Gasteiger partial charge in [-0.3, -0.25) is 0 Å². The van der Waals surface area contributed by atoms with E-state index in [0.717, 1.165) is 11.3 Å². The number of hydrogen-bond acceptors (Lipinski definition) is 3. The van der Waals surface area contributed by atoms with Gasteiger partial charge in [-0.25, -0.2) is 5.48 Å². The SMILES string of the molecule is ONCc1cccc(OC2CCC2)c1. The molecule has 0 aliphatic heterocycles. The minimum atomic E-state index is 0.410. The molecule has 2 N–H and O–H groups in total. The summed E-state index contributed by atoms with van der Waals surface area (Å²) in [7, 11) is 0. The second-order valence-corrected chi connectivity index (χ2v) is 3.65. The molecule has 0 aromatic heterocycles. The van der Waals surface area contributed by atoms with Gasteiger partial charge >= 0.3 is 0 Å². The van der Waals surface area contributed by atoms with Crippen molar-refractivity contribution in [3.63, 3.8) is 0 Å². The van der Waals surface area contributed by atoms with Gasteiger partial charge in [-0.05, 0) is 37.0 Å². The highest BCUT2D eigenvalue weighted by Gasteiger charge is 2.18. The summed E-state index contributed by atoms with van der Waals surface area (Å²) >= 11 is 0. The van der Waals surface area contributed by atoms with Gasteiger partial charge in [0.05, 0.1) is 6.10 Å². The van der Waals surface area contributed by atoms with Crippen LogP contribution in [0.15, 0.2) is 24.3 Å². The molecule has 0 atom stereocenters. The van der Waals surface area contributed by atoms with Gasteiger partial charge in [0.25, 0.3) is 0 Å². The fourth-order valence-corrected chi connectivity index (χ4v) is 1.50. The third-order valence-electron chi connectivity index (χ3n) is 2.54. The van der Waals surface area contributed by atoms with Crippen LogP contribution in [0.25, 0.3) is 0 Å². The molecule has 1 fully saturated rings. The van der Waals surface area contributed by atoms with Gasteiger partial charge in [0, 0.05) is 6.54 Å². The molecule has 76 valence electrons. The third kappa shape index (κ3) is 2.25. The molecule has 0 saturated heterocycles. The van der Waals surface area contributed by atoms with Crippen molar-refractivity contribution in [1.29, 1.82) is 0 Å². The van der Waals surface area contributed by atoms with E-state index >= 15 is 0 Å². The molecule has 1 saturated carbocycles. The average Bonchev–Trinajstić information content (AvgIpc) is 2.13. The molecule has 3 heteroatoms. The fourth-order valence-electron chi connectivity index (χ4n) is 1.50. The van der Waals surface area contributed by atoms with E-state index in [9.17, 15) is 0 Å². The first-order chi connectivity index (χ1) is 6.88. The molecule has 1 aromatic rings. The molecule has 1 aliphatic rings. The number of hydrogen-bond donors (Lipinski definition) is 2. The van der Waals surface area contributed by atoms with Crippen LogP contribution >= 0.6 is 0 Å². The first kappa shape index (κ1) is 9.49. The van der Waals surface area contributed by atoms with Crippen molar-refractivity contribution in [3.05, 3.63) is 29.8 Å². The van der Waals surface area contributed by atoms with Gasteiger partial charge in [-0.15, -0.1) is 0 Å². The molecule has 14 heavy (non-hydrogen) atoms. The predicted octanol–water partition coefficient (Wildman–Crippen LogP) is 2.10. The van der Waals surface area contributed by atoms with Crippen LogP contribution in [0.3, 0.4) is 0 Å². The zero-order chi connectivity index (χ0) is 9.80. The average molecular weight is 193 g/mol. The summed E-state index contributed by atoms with van der Waals surface area (Å²) in [6, 6.07) is 7.82. The monoisotopic (exact) mass is 193 g/mol. The van der Waals surface area contributed by atoms with Gasteiger partial charge < -0.3 is 9.94 Å². The van der Waals surface area contributed by atoms with Crippen LogP contribution in [-0.2, 0) is 6.54 Å². The van der Waals surface area contributed by atoms with Gasteiger partial charge in [0.2, 0.25) is 0 Å². The van der Waals surface area contributed by atoms with Gasteiger partial charge in [0.1, 0.15) is 5.75 Å². The number of nitrogens with one attached hydrogen (secondary N) is 1. The van der Waals surface area contributed by atoms with Crippen molar-refractivity contribution in [1.82, 2.24) is 5.48 Å². The minimum Gasteiger partial charge on any atom is -0.490 e. The minimum absolute atomic E-state index is 0.410. The summed E-state index contributed by atoms with van der Waals surface area (Å²) in [5.41, 5.74) is 3.17. The van der Waals surface area contributed by atoms with Crippen LogP contribution in [0.2, 0.25) is 0 Å². The van der Waals surface area contributed by atoms with Crippen LogP contribution in [-0.4, -0.2) is 11.3 Å². The first-order valence-electron chi connectivity index (χ1n) is 5.01. The van der Waals surface area contributed by atoms with Crippen LogP contribution in [0.5, 0.6) is 5.75 Å². The van der Waals surface area contributed by atoms with E-state index < -0.39 is 0 Å². The Morgan fingerprint density at radius 2 is 2.29 bits per heavy atom. The zero-order valence-corrected chi connectivity index (χ0v) is 8.07. The van der Waals surface area contributed by atoms with Gasteiger partial charge in [-0.2, -0.15) is 0 Å². The standard InChI is InChI=1S/C11H15NO2/c13-12-8-9-3-1-6-11(7-9)14-10-4-2-5-10/h1,3,6-7,10,12-13H,2,4-5,8H2. The van der Waals surface area contributed by atoms with Crippen molar-refractivity contribution >= 4 is 0 Å². The topological polar surface area (TPSA) is 41.5 Å². The van der Waals surface area contributed by atoms with Crippen molar-refractivity contribution in [2.45, 2.75) is 31.9 Å². The summed E-state index contributed by atoms with van der Waals surface area (Å²) in [5, 5.41) is 8.56. The summed E-state index contributed by atoms with van der Waals surface area (Å²) in [6.07, 6.45) is 4.03. The number of benzene rings is 1. The Morgan fingerprint density at radius 1 is 1.43 bits per heavy atom. The molecule has 0 heterocycles. The smallest absolute Gasteiger partial charge is 0.120 e. The Bertz CT molecular complexity index is 297. The molecule has 0 amide bonds. The molecule has 0 spiro atoms.